The van der Waals surface area contributed by atoms with Crippen molar-refractivity contribution in [2.75, 3.05) is 0 Å². The molecule has 1 aromatic carbocycles. The minimum Gasteiger partial charge on any atom is -0.456 e. The first-order valence-electron chi connectivity index (χ1n) is 8.00. The number of cyclic esters (lactones) is 1. The lowest BCUT2D eigenvalue weighted by atomic mass is 9.60. The highest BCUT2D eigenvalue weighted by atomic mass is 35.5. The average molecular weight is 355 g/mol. The van der Waals surface area contributed by atoms with Crippen molar-refractivity contribution in [3.05, 3.63) is 33.8 Å². The molecule has 2 aliphatic rings. The van der Waals surface area contributed by atoms with Crippen LogP contribution in [0.2, 0.25) is 10.0 Å². The van der Waals surface area contributed by atoms with Crippen molar-refractivity contribution in [3.63, 3.8) is 0 Å². The Labute approximate surface area is 146 Å². The average Bonchev–Trinajstić information content (AvgIpc) is 2.51. The number of carbonyl (C=O) groups excluding carboxylic acids is 2. The minimum atomic E-state index is -0.961. The molecule has 3 rings (SSSR count). The number of ether oxygens (including phenoxy) is 1. The molecule has 0 amide bonds. The first-order chi connectivity index (χ1) is 10.8. The van der Waals surface area contributed by atoms with Gasteiger partial charge in [-0.1, -0.05) is 48.5 Å². The number of Topliss-reactive ketones (excluding diaryl/α,β-unsaturated/α-hetero) is 1. The van der Waals surface area contributed by atoms with Crippen molar-refractivity contribution in [2.24, 2.45) is 10.8 Å². The Bertz CT molecular complexity index is 660. The number of hydrogen-bond donors (Lipinski definition) is 0. The number of rotatable bonds is 1. The number of hydrogen-bond acceptors (Lipinski definition) is 3. The Hall–Kier alpha value is -1.06. The fourth-order valence-electron chi connectivity index (χ4n) is 3.95. The van der Waals surface area contributed by atoms with E-state index in [1.165, 1.54) is 0 Å². The van der Waals surface area contributed by atoms with Crippen LogP contribution < -0.4 is 0 Å². The van der Waals surface area contributed by atoms with Crippen LogP contribution >= 0.6 is 23.2 Å². The molecule has 0 unspecified atom stereocenters. The summed E-state index contributed by atoms with van der Waals surface area (Å²) in [5.74, 6) is -0.408. The second-order valence-corrected chi connectivity index (χ2v) is 7.99. The summed E-state index contributed by atoms with van der Waals surface area (Å²) in [7, 11) is 0. The van der Waals surface area contributed by atoms with Crippen molar-refractivity contribution in [2.45, 2.75) is 52.1 Å². The van der Waals surface area contributed by atoms with E-state index in [4.69, 9.17) is 27.9 Å². The lowest BCUT2D eigenvalue weighted by molar-refractivity contribution is -0.192. The minimum absolute atomic E-state index is 0.0167. The predicted molar refractivity (Wildman–Crippen MR) is 89.6 cm³/mol. The van der Waals surface area contributed by atoms with Crippen LogP contribution in [0.15, 0.2) is 18.2 Å². The zero-order valence-electron chi connectivity index (χ0n) is 13.3. The number of halogens is 2. The summed E-state index contributed by atoms with van der Waals surface area (Å²) in [6.07, 6.45) is 3.35. The van der Waals surface area contributed by atoms with Crippen molar-refractivity contribution >= 4 is 35.0 Å². The topological polar surface area (TPSA) is 43.4 Å². The standard InChI is InChI=1S/C18H20Cl2O3/c1-17(2)14(12-7-6-11(19)10-13(12)20)23-16(22)18(15(17)21)8-4-3-5-9-18/h6-7,10,14H,3-5,8-9H2,1-2H3/t14-/m0/s1. The van der Waals surface area contributed by atoms with E-state index < -0.39 is 22.9 Å². The molecule has 0 radical (unpaired) electrons. The van der Waals surface area contributed by atoms with Gasteiger partial charge in [0.1, 0.15) is 11.5 Å². The van der Waals surface area contributed by atoms with Crippen LogP contribution in [0, 0.1) is 10.8 Å². The summed E-state index contributed by atoms with van der Waals surface area (Å²) in [6, 6.07) is 5.04. The maximum atomic E-state index is 13.2. The molecule has 1 aliphatic carbocycles. The lowest BCUT2D eigenvalue weighted by Crippen LogP contribution is -2.55. The Kier molecular flexibility index (Phi) is 4.22. The third-order valence-electron chi connectivity index (χ3n) is 5.24. The molecule has 2 fully saturated rings. The molecule has 1 aromatic rings. The van der Waals surface area contributed by atoms with E-state index in [2.05, 4.69) is 0 Å². The SMILES string of the molecule is CC1(C)C(=O)C2(CCCCC2)C(=O)O[C@H]1c1ccc(Cl)cc1Cl. The van der Waals surface area contributed by atoms with Crippen molar-refractivity contribution < 1.29 is 14.3 Å². The van der Waals surface area contributed by atoms with Crippen LogP contribution in [0.1, 0.15) is 57.6 Å². The van der Waals surface area contributed by atoms with E-state index in [0.29, 0.717) is 28.5 Å². The molecule has 1 saturated carbocycles. The highest BCUT2D eigenvalue weighted by Gasteiger charge is 2.60. The summed E-state index contributed by atoms with van der Waals surface area (Å²) < 4.78 is 5.78. The van der Waals surface area contributed by atoms with E-state index in [1.807, 2.05) is 13.8 Å². The van der Waals surface area contributed by atoms with Crippen molar-refractivity contribution in [1.82, 2.24) is 0 Å². The number of carbonyl (C=O) groups is 2. The van der Waals surface area contributed by atoms with Crippen molar-refractivity contribution in [1.29, 1.82) is 0 Å². The van der Waals surface area contributed by atoms with Gasteiger partial charge in [-0.05, 0) is 38.8 Å². The largest absolute Gasteiger partial charge is 0.456 e. The van der Waals surface area contributed by atoms with E-state index in [9.17, 15) is 9.59 Å². The van der Waals surface area contributed by atoms with E-state index in [1.54, 1.807) is 18.2 Å². The Morgan fingerprint density at radius 1 is 1.09 bits per heavy atom. The van der Waals surface area contributed by atoms with Gasteiger partial charge in [0.15, 0.2) is 5.78 Å². The smallest absolute Gasteiger partial charge is 0.320 e. The molecule has 1 spiro atoms. The van der Waals surface area contributed by atoms with Gasteiger partial charge in [-0.3, -0.25) is 9.59 Å². The number of ketones is 1. The fourth-order valence-corrected chi connectivity index (χ4v) is 4.46. The van der Waals surface area contributed by atoms with Gasteiger partial charge in [0, 0.05) is 15.6 Å². The maximum absolute atomic E-state index is 13.2. The highest BCUT2D eigenvalue weighted by Crippen LogP contribution is 2.53. The van der Waals surface area contributed by atoms with Crippen molar-refractivity contribution in [3.8, 4) is 0 Å². The van der Waals surface area contributed by atoms with Crippen LogP contribution in [-0.4, -0.2) is 11.8 Å². The number of esters is 1. The fraction of sp³-hybridized carbons (Fsp3) is 0.556. The summed E-state index contributed by atoms with van der Waals surface area (Å²) in [5, 5.41) is 0.921. The Balaban J connectivity index is 2.02. The monoisotopic (exact) mass is 354 g/mol. The van der Waals surface area contributed by atoms with Crippen LogP contribution in [0.5, 0.6) is 0 Å². The normalized spacial score (nSPS) is 26.2. The molecule has 1 saturated heterocycles. The Morgan fingerprint density at radius 3 is 2.35 bits per heavy atom. The van der Waals surface area contributed by atoms with Gasteiger partial charge in [0.2, 0.25) is 0 Å². The molecule has 0 bridgehead atoms. The van der Waals surface area contributed by atoms with Gasteiger partial charge >= 0.3 is 5.97 Å². The third-order valence-corrected chi connectivity index (χ3v) is 5.81. The zero-order valence-corrected chi connectivity index (χ0v) is 14.8. The van der Waals surface area contributed by atoms with E-state index >= 15 is 0 Å². The van der Waals surface area contributed by atoms with Gasteiger partial charge in [-0.15, -0.1) is 0 Å². The second-order valence-electron chi connectivity index (χ2n) is 7.14. The molecule has 5 heteroatoms. The molecule has 23 heavy (non-hydrogen) atoms. The maximum Gasteiger partial charge on any atom is 0.320 e. The lowest BCUT2D eigenvalue weighted by Gasteiger charge is -2.47. The Morgan fingerprint density at radius 2 is 1.74 bits per heavy atom. The van der Waals surface area contributed by atoms with Gasteiger partial charge < -0.3 is 4.74 Å². The highest BCUT2D eigenvalue weighted by molar-refractivity contribution is 6.35. The van der Waals surface area contributed by atoms with Gasteiger partial charge in [-0.2, -0.15) is 0 Å². The molecule has 0 N–H and O–H groups in total. The first kappa shape index (κ1) is 16.8. The number of benzene rings is 1. The quantitative estimate of drug-likeness (QED) is 0.518. The molecular weight excluding hydrogens is 335 g/mol. The summed E-state index contributed by atoms with van der Waals surface area (Å²) in [5.41, 5.74) is -1.15. The molecular formula is C18H20Cl2O3. The van der Waals surface area contributed by atoms with Crippen LogP contribution in [0.25, 0.3) is 0 Å². The summed E-state index contributed by atoms with van der Waals surface area (Å²) >= 11 is 12.2. The predicted octanol–water partition coefficient (Wildman–Crippen LogP) is 5.14. The zero-order chi connectivity index (χ0) is 16.8. The second kappa shape index (κ2) is 5.78. The summed E-state index contributed by atoms with van der Waals surface area (Å²) in [4.78, 5) is 25.9. The first-order valence-corrected chi connectivity index (χ1v) is 8.75. The van der Waals surface area contributed by atoms with Crippen LogP contribution in [0.3, 0.4) is 0 Å². The van der Waals surface area contributed by atoms with E-state index in [-0.39, 0.29) is 5.78 Å². The van der Waals surface area contributed by atoms with Gasteiger partial charge in [-0.25, -0.2) is 0 Å². The molecule has 1 heterocycles. The van der Waals surface area contributed by atoms with Crippen LogP contribution in [0.4, 0.5) is 0 Å². The third kappa shape index (κ3) is 2.58. The van der Waals surface area contributed by atoms with Gasteiger partial charge in [0.25, 0.3) is 0 Å². The van der Waals surface area contributed by atoms with E-state index in [0.717, 1.165) is 19.3 Å². The molecule has 3 nitrogen and oxygen atoms in total. The molecule has 1 aliphatic heterocycles. The molecule has 1 atom stereocenters. The molecule has 124 valence electrons. The summed E-state index contributed by atoms with van der Waals surface area (Å²) in [6.45, 7) is 3.68. The molecule has 0 aromatic heterocycles. The van der Waals surface area contributed by atoms with Gasteiger partial charge in [0.05, 0.1) is 5.41 Å². The van der Waals surface area contributed by atoms with Crippen LogP contribution in [-0.2, 0) is 14.3 Å².